The number of likely N-dealkylation sites (N-methyl/N-ethyl adjacent to an activating group) is 2. The number of rotatable bonds is 7. The zero-order valence-corrected chi connectivity index (χ0v) is 13.5. The lowest BCUT2D eigenvalue weighted by Gasteiger charge is -2.25. The van der Waals surface area contributed by atoms with Gasteiger partial charge in [-0.15, -0.1) is 0 Å². The topological polar surface area (TPSA) is 108 Å². The highest BCUT2D eigenvalue weighted by Gasteiger charge is 2.31. The number of nitrogens with two attached hydrogens (primary N) is 2. The maximum atomic E-state index is 6.13. The number of hydrazine groups is 1. The molecule has 1 aromatic heterocycles. The summed E-state index contributed by atoms with van der Waals surface area (Å²) < 4.78 is 0. The van der Waals surface area contributed by atoms with Crippen molar-refractivity contribution in [1.29, 1.82) is 0 Å². The number of nitrogens with zero attached hydrogens (tertiary/aromatic N) is 4. The summed E-state index contributed by atoms with van der Waals surface area (Å²) in [6.45, 7) is 8.40. The Bertz CT molecular complexity index is 510. The summed E-state index contributed by atoms with van der Waals surface area (Å²) in [6, 6.07) is 3.85. The van der Waals surface area contributed by atoms with Crippen LogP contribution in [0.3, 0.4) is 0 Å². The number of guanidine groups is 1. The molecule has 1 aliphatic rings. The Kier molecular flexibility index (Phi) is 5.17. The first-order valence-electron chi connectivity index (χ1n) is 7.56. The van der Waals surface area contributed by atoms with Crippen molar-refractivity contribution in [2.75, 3.05) is 38.1 Å². The quantitative estimate of drug-likeness (QED) is 0.530. The molecule has 0 spiro atoms. The average Bonchev–Trinajstić information content (AvgIpc) is 2.89. The summed E-state index contributed by atoms with van der Waals surface area (Å²) in [4.78, 5) is 13.1. The van der Waals surface area contributed by atoms with Crippen LogP contribution in [0.4, 0.5) is 5.82 Å². The third kappa shape index (κ3) is 3.65. The molecule has 0 saturated carbocycles. The van der Waals surface area contributed by atoms with Crippen LogP contribution in [0, 0.1) is 0 Å². The molecule has 0 amide bonds. The van der Waals surface area contributed by atoms with Gasteiger partial charge >= 0.3 is 0 Å². The summed E-state index contributed by atoms with van der Waals surface area (Å²) in [7, 11) is 2.04. The molecule has 0 aliphatic carbocycles. The molecule has 8 nitrogen and oxygen atoms in total. The molecule has 2 heterocycles. The van der Waals surface area contributed by atoms with Crippen LogP contribution < -0.4 is 27.2 Å². The van der Waals surface area contributed by atoms with Gasteiger partial charge in [-0.1, -0.05) is 13.8 Å². The van der Waals surface area contributed by atoms with Crippen molar-refractivity contribution in [3.8, 4) is 0 Å². The summed E-state index contributed by atoms with van der Waals surface area (Å²) >= 11 is 0. The van der Waals surface area contributed by atoms with Crippen LogP contribution in [0.2, 0.25) is 0 Å². The molecule has 2 rings (SSSR count). The number of aliphatic imine (C=N–C) groups is 1. The van der Waals surface area contributed by atoms with E-state index in [2.05, 4.69) is 44.5 Å². The van der Waals surface area contributed by atoms with Gasteiger partial charge in [-0.25, -0.2) is 9.98 Å². The Labute approximate surface area is 131 Å². The second-order valence-corrected chi connectivity index (χ2v) is 5.37. The number of anilines is 1. The molecule has 0 radical (unpaired) electrons. The fourth-order valence-electron chi connectivity index (χ4n) is 2.33. The highest BCUT2D eigenvalue weighted by molar-refractivity contribution is 5.79. The second kappa shape index (κ2) is 6.91. The maximum Gasteiger partial charge on any atom is 0.210 e. The fourth-order valence-corrected chi connectivity index (χ4v) is 2.33. The molecule has 1 aromatic rings. The Morgan fingerprint density at radius 3 is 2.45 bits per heavy atom. The predicted molar refractivity (Wildman–Crippen MR) is 89.1 cm³/mol. The Hall–Kier alpha value is -1.90. The number of aromatic nitrogens is 1. The first-order chi connectivity index (χ1) is 10.5. The van der Waals surface area contributed by atoms with Crippen LogP contribution in [-0.4, -0.2) is 49.1 Å². The SMILES string of the molecule is CCN(CC)CCN(C)c1ccc(C2(N)N=C(N)NN2)cn1. The largest absolute Gasteiger partial charge is 0.369 e. The molecule has 0 saturated heterocycles. The van der Waals surface area contributed by atoms with Crippen molar-refractivity contribution in [2.24, 2.45) is 16.5 Å². The first kappa shape index (κ1) is 16.5. The highest BCUT2D eigenvalue weighted by atomic mass is 15.6. The van der Waals surface area contributed by atoms with Gasteiger partial charge in [-0.2, -0.15) is 5.43 Å². The summed E-state index contributed by atoms with van der Waals surface area (Å²) in [5, 5.41) is 0. The second-order valence-electron chi connectivity index (χ2n) is 5.37. The third-order valence-corrected chi connectivity index (χ3v) is 3.90. The van der Waals surface area contributed by atoms with Crippen molar-refractivity contribution in [1.82, 2.24) is 20.7 Å². The molecule has 0 fully saturated rings. The van der Waals surface area contributed by atoms with Gasteiger partial charge in [0.05, 0.1) is 0 Å². The zero-order valence-electron chi connectivity index (χ0n) is 13.5. The van der Waals surface area contributed by atoms with Gasteiger partial charge in [0.1, 0.15) is 5.82 Å². The molecule has 1 unspecified atom stereocenters. The van der Waals surface area contributed by atoms with Crippen molar-refractivity contribution in [2.45, 2.75) is 19.6 Å². The molecule has 1 aliphatic heterocycles. The number of pyridine rings is 1. The molecule has 6 N–H and O–H groups in total. The zero-order chi connectivity index (χ0) is 16.2. The monoisotopic (exact) mass is 306 g/mol. The van der Waals surface area contributed by atoms with Crippen molar-refractivity contribution in [3.05, 3.63) is 23.9 Å². The van der Waals surface area contributed by atoms with E-state index < -0.39 is 5.79 Å². The van der Waals surface area contributed by atoms with Crippen molar-refractivity contribution in [3.63, 3.8) is 0 Å². The van der Waals surface area contributed by atoms with E-state index in [1.165, 1.54) is 0 Å². The van der Waals surface area contributed by atoms with Crippen molar-refractivity contribution >= 4 is 11.8 Å². The molecule has 1 atom stereocenters. The van der Waals surface area contributed by atoms with E-state index in [1.54, 1.807) is 6.20 Å². The molecule has 22 heavy (non-hydrogen) atoms. The number of hydrogen-bond donors (Lipinski definition) is 4. The van der Waals surface area contributed by atoms with Gasteiger partial charge in [-0.05, 0) is 25.2 Å². The molecule has 0 aromatic carbocycles. The van der Waals surface area contributed by atoms with E-state index >= 15 is 0 Å². The van der Waals surface area contributed by atoms with E-state index in [4.69, 9.17) is 11.5 Å². The van der Waals surface area contributed by atoms with Gasteiger partial charge in [0, 0.05) is 31.9 Å². The first-order valence-corrected chi connectivity index (χ1v) is 7.56. The van der Waals surface area contributed by atoms with Crippen LogP contribution in [0.25, 0.3) is 0 Å². The fraction of sp³-hybridized carbons (Fsp3) is 0.571. The van der Waals surface area contributed by atoms with E-state index in [9.17, 15) is 0 Å². The Morgan fingerprint density at radius 1 is 1.23 bits per heavy atom. The van der Waals surface area contributed by atoms with Crippen LogP contribution in [0.5, 0.6) is 0 Å². The lowest BCUT2D eigenvalue weighted by atomic mass is 10.1. The molecule has 122 valence electrons. The highest BCUT2D eigenvalue weighted by Crippen LogP contribution is 2.19. The molecular weight excluding hydrogens is 280 g/mol. The molecule has 8 heteroatoms. The van der Waals surface area contributed by atoms with Gasteiger partial charge < -0.3 is 15.5 Å². The summed E-state index contributed by atoms with van der Waals surface area (Å²) in [5.74, 6) is 0.111. The number of hydrogen-bond acceptors (Lipinski definition) is 8. The van der Waals surface area contributed by atoms with E-state index in [0.717, 1.165) is 37.6 Å². The molecular formula is C14H26N8. The lowest BCUT2D eigenvalue weighted by molar-refractivity contribution is 0.311. The minimum atomic E-state index is -1.06. The maximum absolute atomic E-state index is 6.13. The summed E-state index contributed by atoms with van der Waals surface area (Å²) in [6.07, 6.45) is 1.72. The smallest absolute Gasteiger partial charge is 0.210 e. The normalized spacial score (nSPS) is 20.9. The molecule has 0 bridgehead atoms. The average molecular weight is 306 g/mol. The number of nitrogens with one attached hydrogen (secondary N) is 2. The van der Waals surface area contributed by atoms with Crippen molar-refractivity contribution < 1.29 is 0 Å². The minimum absolute atomic E-state index is 0.267. The van der Waals surface area contributed by atoms with Gasteiger partial charge in [0.25, 0.3) is 0 Å². The van der Waals surface area contributed by atoms with E-state index in [-0.39, 0.29) is 5.96 Å². The predicted octanol–water partition coefficient (Wildman–Crippen LogP) is -0.649. The van der Waals surface area contributed by atoms with E-state index in [0.29, 0.717) is 0 Å². The van der Waals surface area contributed by atoms with Crippen LogP contribution in [-0.2, 0) is 5.79 Å². The lowest BCUT2D eigenvalue weighted by Crippen LogP contribution is -2.50. The Morgan fingerprint density at radius 2 is 1.95 bits per heavy atom. The minimum Gasteiger partial charge on any atom is -0.369 e. The van der Waals surface area contributed by atoms with Crippen LogP contribution >= 0.6 is 0 Å². The van der Waals surface area contributed by atoms with E-state index in [1.807, 2.05) is 19.2 Å². The standard InChI is InChI=1S/C14H26N8/c1-4-22(5-2)9-8-21(3)12-7-6-11(10-17-12)14(16)18-13(15)19-20-14/h6-7,10,20H,4-5,8-9,16H2,1-3H3,(H3,15,18,19). The van der Waals surface area contributed by atoms with Crippen LogP contribution in [0.1, 0.15) is 19.4 Å². The summed E-state index contributed by atoms with van der Waals surface area (Å²) in [5.41, 5.74) is 18.0. The third-order valence-electron chi connectivity index (χ3n) is 3.90. The Balaban J connectivity index is 2.00. The van der Waals surface area contributed by atoms with Gasteiger partial charge in [0.2, 0.25) is 11.7 Å². The van der Waals surface area contributed by atoms with Crippen LogP contribution in [0.15, 0.2) is 23.3 Å². The van der Waals surface area contributed by atoms with Gasteiger partial charge in [0.15, 0.2) is 0 Å². The van der Waals surface area contributed by atoms with Gasteiger partial charge in [-0.3, -0.25) is 11.2 Å².